The molecular weight excluding hydrogens is 230 g/mol. The zero-order valence-corrected chi connectivity index (χ0v) is 9.33. The third-order valence-electron chi connectivity index (χ3n) is 2.52. The van der Waals surface area contributed by atoms with Crippen LogP contribution < -0.4 is 5.32 Å². The predicted octanol–water partition coefficient (Wildman–Crippen LogP) is 1.70. The molecule has 0 amide bonds. The van der Waals surface area contributed by atoms with Crippen LogP contribution in [0.15, 0.2) is 18.2 Å². The molecule has 0 aliphatic carbocycles. The molecule has 1 fully saturated rings. The molecule has 1 aliphatic rings. The number of morpholine rings is 1. The van der Waals surface area contributed by atoms with Gasteiger partial charge < -0.3 is 15.2 Å². The fourth-order valence-corrected chi connectivity index (χ4v) is 1.95. The summed E-state index contributed by atoms with van der Waals surface area (Å²) in [5.74, 6) is -1.01. The van der Waals surface area contributed by atoms with Crippen LogP contribution in [-0.4, -0.2) is 30.8 Å². The SMILES string of the molecule is O=C(O)c1ccc(C2CNCCO2)cc1Cl. The summed E-state index contributed by atoms with van der Waals surface area (Å²) >= 11 is 5.89. The minimum atomic E-state index is -1.01. The third kappa shape index (κ3) is 2.35. The molecule has 2 N–H and O–H groups in total. The number of carboxylic acid groups (broad SMARTS) is 1. The summed E-state index contributed by atoms with van der Waals surface area (Å²) in [6.07, 6.45) is -0.0471. The first kappa shape index (κ1) is 11.4. The number of ether oxygens (including phenoxy) is 1. The van der Waals surface area contributed by atoms with Gasteiger partial charge in [-0.1, -0.05) is 17.7 Å². The van der Waals surface area contributed by atoms with Crippen LogP contribution in [0.25, 0.3) is 0 Å². The molecule has 1 aromatic carbocycles. The van der Waals surface area contributed by atoms with Crippen molar-refractivity contribution in [1.82, 2.24) is 5.32 Å². The molecule has 0 spiro atoms. The molecule has 0 bridgehead atoms. The van der Waals surface area contributed by atoms with E-state index in [1.54, 1.807) is 12.1 Å². The molecular formula is C11H12ClNO3. The van der Waals surface area contributed by atoms with Gasteiger partial charge in [0, 0.05) is 13.1 Å². The van der Waals surface area contributed by atoms with Crippen LogP contribution in [0.2, 0.25) is 5.02 Å². The van der Waals surface area contributed by atoms with Crippen molar-refractivity contribution >= 4 is 17.6 Å². The lowest BCUT2D eigenvalue weighted by Gasteiger charge is -2.24. The van der Waals surface area contributed by atoms with Gasteiger partial charge in [-0.2, -0.15) is 0 Å². The van der Waals surface area contributed by atoms with Gasteiger partial charge in [-0.05, 0) is 17.7 Å². The van der Waals surface area contributed by atoms with Gasteiger partial charge in [-0.3, -0.25) is 0 Å². The van der Waals surface area contributed by atoms with E-state index in [-0.39, 0.29) is 16.7 Å². The highest BCUT2D eigenvalue weighted by Gasteiger charge is 2.17. The van der Waals surface area contributed by atoms with Crippen molar-refractivity contribution < 1.29 is 14.6 Å². The summed E-state index contributed by atoms with van der Waals surface area (Å²) < 4.78 is 5.55. The Kier molecular flexibility index (Phi) is 3.43. The van der Waals surface area contributed by atoms with E-state index < -0.39 is 5.97 Å². The Balaban J connectivity index is 2.23. The maximum absolute atomic E-state index is 10.8. The highest BCUT2D eigenvalue weighted by atomic mass is 35.5. The van der Waals surface area contributed by atoms with Crippen LogP contribution in [0.1, 0.15) is 22.0 Å². The second-order valence-corrected chi connectivity index (χ2v) is 4.02. The fourth-order valence-electron chi connectivity index (χ4n) is 1.68. The number of nitrogens with one attached hydrogen (secondary N) is 1. The molecule has 0 radical (unpaired) electrons. The first-order chi connectivity index (χ1) is 7.68. The molecule has 4 nitrogen and oxygen atoms in total. The number of halogens is 1. The topological polar surface area (TPSA) is 58.6 Å². The lowest BCUT2D eigenvalue weighted by molar-refractivity contribution is 0.0277. The van der Waals surface area contributed by atoms with E-state index in [1.807, 2.05) is 0 Å². The Hall–Kier alpha value is -1.10. The molecule has 16 heavy (non-hydrogen) atoms. The molecule has 1 aromatic rings. The van der Waals surface area contributed by atoms with Gasteiger partial charge in [0.1, 0.15) is 0 Å². The van der Waals surface area contributed by atoms with Crippen molar-refractivity contribution in [2.45, 2.75) is 6.10 Å². The summed E-state index contributed by atoms with van der Waals surface area (Å²) in [7, 11) is 0. The van der Waals surface area contributed by atoms with Crippen molar-refractivity contribution in [3.05, 3.63) is 34.3 Å². The first-order valence-corrected chi connectivity index (χ1v) is 5.41. The highest BCUT2D eigenvalue weighted by molar-refractivity contribution is 6.33. The average Bonchev–Trinajstić information content (AvgIpc) is 2.29. The molecule has 2 rings (SSSR count). The van der Waals surface area contributed by atoms with Crippen molar-refractivity contribution in [1.29, 1.82) is 0 Å². The number of aromatic carboxylic acids is 1. The Morgan fingerprint density at radius 3 is 2.94 bits per heavy atom. The summed E-state index contributed by atoms with van der Waals surface area (Å²) in [5, 5.41) is 12.3. The van der Waals surface area contributed by atoms with Gasteiger partial charge in [-0.25, -0.2) is 4.79 Å². The number of hydrogen-bond acceptors (Lipinski definition) is 3. The maximum Gasteiger partial charge on any atom is 0.337 e. The second-order valence-electron chi connectivity index (χ2n) is 3.61. The minimum absolute atomic E-state index is 0.0471. The summed E-state index contributed by atoms with van der Waals surface area (Å²) in [4.78, 5) is 10.8. The van der Waals surface area contributed by atoms with Gasteiger partial charge in [0.2, 0.25) is 0 Å². The van der Waals surface area contributed by atoms with Crippen molar-refractivity contribution in [2.75, 3.05) is 19.7 Å². The smallest absolute Gasteiger partial charge is 0.337 e. The maximum atomic E-state index is 10.8. The zero-order chi connectivity index (χ0) is 11.5. The van der Waals surface area contributed by atoms with E-state index in [0.717, 1.165) is 18.7 Å². The van der Waals surface area contributed by atoms with Crippen molar-refractivity contribution in [3.8, 4) is 0 Å². The predicted molar refractivity (Wildman–Crippen MR) is 60.0 cm³/mol. The van der Waals surface area contributed by atoms with E-state index in [0.29, 0.717) is 6.61 Å². The largest absolute Gasteiger partial charge is 0.478 e. The van der Waals surface area contributed by atoms with Gasteiger partial charge in [0.25, 0.3) is 0 Å². The highest BCUT2D eigenvalue weighted by Crippen LogP contribution is 2.24. The summed E-state index contributed by atoms with van der Waals surface area (Å²) in [6, 6.07) is 4.91. The molecule has 1 saturated heterocycles. The molecule has 0 aromatic heterocycles. The van der Waals surface area contributed by atoms with E-state index in [2.05, 4.69) is 5.32 Å². The van der Waals surface area contributed by atoms with Crippen LogP contribution in [0.3, 0.4) is 0 Å². The van der Waals surface area contributed by atoms with Crippen molar-refractivity contribution in [3.63, 3.8) is 0 Å². The van der Waals surface area contributed by atoms with Crippen LogP contribution >= 0.6 is 11.6 Å². The first-order valence-electron chi connectivity index (χ1n) is 5.03. The number of rotatable bonds is 2. The molecule has 86 valence electrons. The van der Waals surface area contributed by atoms with Crippen LogP contribution in [-0.2, 0) is 4.74 Å². The lowest BCUT2D eigenvalue weighted by Crippen LogP contribution is -2.33. The molecule has 0 saturated carbocycles. The second kappa shape index (κ2) is 4.82. The molecule has 1 aliphatic heterocycles. The average molecular weight is 242 g/mol. The molecule has 1 heterocycles. The van der Waals surface area contributed by atoms with Crippen molar-refractivity contribution in [2.24, 2.45) is 0 Å². The summed E-state index contributed by atoms with van der Waals surface area (Å²) in [5.41, 5.74) is 1.02. The minimum Gasteiger partial charge on any atom is -0.478 e. The lowest BCUT2D eigenvalue weighted by atomic mass is 10.1. The molecule has 1 unspecified atom stereocenters. The monoisotopic (exact) mass is 241 g/mol. The standard InChI is InChI=1S/C11H12ClNO3/c12-9-5-7(1-2-8(9)11(14)15)10-6-13-3-4-16-10/h1-2,5,10,13H,3-4,6H2,(H,14,15). The normalized spacial score (nSPS) is 20.7. The Labute approximate surface area is 98.2 Å². The quantitative estimate of drug-likeness (QED) is 0.828. The molecule has 5 heteroatoms. The van der Waals surface area contributed by atoms with Gasteiger partial charge in [0.05, 0.1) is 23.3 Å². The fraction of sp³-hybridized carbons (Fsp3) is 0.364. The van der Waals surface area contributed by atoms with Crippen LogP contribution in [0.5, 0.6) is 0 Å². The summed E-state index contributed by atoms with van der Waals surface area (Å²) in [6.45, 7) is 2.23. The van der Waals surface area contributed by atoms with Gasteiger partial charge in [0.15, 0.2) is 0 Å². The number of hydrogen-bond donors (Lipinski definition) is 2. The van der Waals surface area contributed by atoms with E-state index in [4.69, 9.17) is 21.4 Å². The molecule has 1 atom stereocenters. The van der Waals surface area contributed by atoms with Crippen LogP contribution in [0, 0.1) is 0 Å². The van der Waals surface area contributed by atoms with Gasteiger partial charge >= 0.3 is 5.97 Å². The van der Waals surface area contributed by atoms with E-state index in [1.165, 1.54) is 6.07 Å². The van der Waals surface area contributed by atoms with E-state index in [9.17, 15) is 4.79 Å². The Bertz CT molecular complexity index is 402. The number of carboxylic acids is 1. The van der Waals surface area contributed by atoms with Gasteiger partial charge in [-0.15, -0.1) is 0 Å². The number of benzene rings is 1. The Morgan fingerprint density at radius 1 is 1.56 bits per heavy atom. The van der Waals surface area contributed by atoms with E-state index >= 15 is 0 Å². The third-order valence-corrected chi connectivity index (χ3v) is 2.84. The Morgan fingerprint density at radius 2 is 2.38 bits per heavy atom. The number of carbonyl (C=O) groups is 1. The zero-order valence-electron chi connectivity index (χ0n) is 8.57. The van der Waals surface area contributed by atoms with Crippen LogP contribution in [0.4, 0.5) is 0 Å².